The molecule has 25 heavy (non-hydrogen) atoms. The molecule has 1 aromatic heterocycles. The van der Waals surface area contributed by atoms with Gasteiger partial charge in [0.2, 0.25) is 11.1 Å². The fraction of sp³-hybridized carbons (Fsp3) is 0.529. The van der Waals surface area contributed by atoms with Crippen molar-refractivity contribution in [3.63, 3.8) is 0 Å². The van der Waals surface area contributed by atoms with E-state index in [-0.39, 0.29) is 12.0 Å². The van der Waals surface area contributed by atoms with E-state index >= 15 is 0 Å². The molecule has 1 amide bonds. The Bertz CT molecular complexity index is 673. The molecule has 3 rings (SSSR count). The molecule has 0 aliphatic carbocycles. The number of amides is 1. The van der Waals surface area contributed by atoms with Crippen molar-refractivity contribution < 1.29 is 9.53 Å². The van der Waals surface area contributed by atoms with Crippen LogP contribution in [0.3, 0.4) is 0 Å². The number of thioether (sulfide) groups is 1. The summed E-state index contributed by atoms with van der Waals surface area (Å²) in [6.07, 6.45) is 2.28. The minimum atomic E-state index is 0.0861. The number of carbonyl (C=O) groups excluding carboxylic acids is 1. The van der Waals surface area contributed by atoms with Crippen LogP contribution in [0.25, 0.3) is 0 Å². The maximum absolute atomic E-state index is 12.5. The number of tetrazole rings is 1. The maximum atomic E-state index is 12.5. The summed E-state index contributed by atoms with van der Waals surface area (Å²) >= 11 is 1.38. The molecule has 2 heterocycles. The van der Waals surface area contributed by atoms with Gasteiger partial charge in [0, 0.05) is 19.7 Å². The molecule has 1 aliphatic heterocycles. The van der Waals surface area contributed by atoms with Gasteiger partial charge in [-0.2, -0.15) is 0 Å². The van der Waals surface area contributed by atoms with E-state index in [9.17, 15) is 4.79 Å². The van der Waals surface area contributed by atoms with E-state index in [2.05, 4.69) is 15.5 Å². The lowest BCUT2D eigenvalue weighted by molar-refractivity contribution is -0.128. The third-order valence-corrected chi connectivity index (χ3v) is 5.12. The molecule has 7 nitrogen and oxygen atoms in total. The molecular formula is C17H23N5O2S. The molecule has 1 unspecified atom stereocenters. The summed E-state index contributed by atoms with van der Waals surface area (Å²) in [5, 5.41) is 12.5. The fourth-order valence-electron chi connectivity index (χ4n) is 2.79. The molecule has 0 radical (unpaired) electrons. The van der Waals surface area contributed by atoms with Crippen molar-refractivity contribution in [2.45, 2.75) is 44.1 Å². The van der Waals surface area contributed by atoms with Gasteiger partial charge in [0.1, 0.15) is 0 Å². The van der Waals surface area contributed by atoms with Crippen LogP contribution in [-0.2, 0) is 22.6 Å². The minimum Gasteiger partial charge on any atom is -0.376 e. The number of carbonyl (C=O) groups is 1. The van der Waals surface area contributed by atoms with Crippen molar-refractivity contribution in [2.24, 2.45) is 0 Å². The van der Waals surface area contributed by atoms with Gasteiger partial charge < -0.3 is 9.64 Å². The molecule has 1 atom stereocenters. The molecule has 1 aliphatic rings. The molecule has 134 valence electrons. The van der Waals surface area contributed by atoms with Crippen LogP contribution in [0.1, 0.15) is 25.3 Å². The first kappa shape index (κ1) is 17.9. The second-order valence-corrected chi connectivity index (χ2v) is 6.90. The Kier molecular flexibility index (Phi) is 6.41. The van der Waals surface area contributed by atoms with Gasteiger partial charge in [-0.25, -0.2) is 4.68 Å². The van der Waals surface area contributed by atoms with Gasteiger partial charge in [0.15, 0.2) is 0 Å². The lowest BCUT2D eigenvalue weighted by Crippen LogP contribution is -2.31. The number of hydrogen-bond acceptors (Lipinski definition) is 6. The second-order valence-electron chi connectivity index (χ2n) is 5.96. The molecule has 0 spiro atoms. The third-order valence-electron chi connectivity index (χ3n) is 4.18. The highest BCUT2D eigenvalue weighted by molar-refractivity contribution is 7.99. The highest BCUT2D eigenvalue weighted by Gasteiger charge is 2.20. The predicted octanol–water partition coefficient (Wildman–Crippen LogP) is 1.99. The first-order valence-corrected chi connectivity index (χ1v) is 9.57. The average molecular weight is 361 g/mol. The molecular weight excluding hydrogens is 338 g/mol. The van der Waals surface area contributed by atoms with Crippen molar-refractivity contribution in [3.05, 3.63) is 35.9 Å². The zero-order valence-corrected chi connectivity index (χ0v) is 15.2. The number of aromatic nitrogens is 4. The first-order valence-electron chi connectivity index (χ1n) is 8.58. The lowest BCUT2D eigenvalue weighted by Gasteiger charge is -2.20. The topological polar surface area (TPSA) is 73.1 Å². The Balaban J connectivity index is 1.53. The Morgan fingerprint density at radius 1 is 1.40 bits per heavy atom. The summed E-state index contributed by atoms with van der Waals surface area (Å²) in [4.78, 5) is 14.4. The summed E-state index contributed by atoms with van der Waals surface area (Å²) in [6, 6.07) is 10.0. The normalized spacial score (nSPS) is 16.9. The summed E-state index contributed by atoms with van der Waals surface area (Å²) in [5.74, 6) is 0.412. The van der Waals surface area contributed by atoms with Gasteiger partial charge in [-0.15, -0.1) is 5.10 Å². The van der Waals surface area contributed by atoms with E-state index in [1.807, 2.05) is 42.2 Å². The fourth-order valence-corrected chi connectivity index (χ4v) is 3.58. The lowest BCUT2D eigenvalue weighted by atomic mass is 10.2. The zero-order valence-electron chi connectivity index (χ0n) is 14.4. The average Bonchev–Trinajstić information content (AvgIpc) is 3.31. The van der Waals surface area contributed by atoms with Crippen LogP contribution < -0.4 is 0 Å². The Hall–Kier alpha value is -1.93. The van der Waals surface area contributed by atoms with E-state index in [4.69, 9.17) is 4.74 Å². The number of rotatable bonds is 8. The van der Waals surface area contributed by atoms with Crippen LogP contribution in [0, 0.1) is 0 Å². The van der Waals surface area contributed by atoms with Crippen LogP contribution >= 0.6 is 11.8 Å². The van der Waals surface area contributed by atoms with E-state index in [1.165, 1.54) is 11.8 Å². The van der Waals surface area contributed by atoms with Gasteiger partial charge in [-0.3, -0.25) is 4.79 Å². The van der Waals surface area contributed by atoms with Crippen molar-refractivity contribution in [1.29, 1.82) is 0 Å². The van der Waals surface area contributed by atoms with Crippen molar-refractivity contribution in [1.82, 2.24) is 25.1 Å². The summed E-state index contributed by atoms with van der Waals surface area (Å²) in [7, 11) is 0. The number of nitrogens with zero attached hydrogens (tertiary/aromatic N) is 5. The molecule has 1 saturated heterocycles. The van der Waals surface area contributed by atoms with E-state index in [1.54, 1.807) is 4.68 Å². The molecule has 1 fully saturated rings. The van der Waals surface area contributed by atoms with Gasteiger partial charge >= 0.3 is 0 Å². The van der Waals surface area contributed by atoms with Gasteiger partial charge in [-0.05, 0) is 35.8 Å². The maximum Gasteiger partial charge on any atom is 0.233 e. The second kappa shape index (κ2) is 8.96. The van der Waals surface area contributed by atoms with Crippen molar-refractivity contribution in [3.8, 4) is 0 Å². The highest BCUT2D eigenvalue weighted by atomic mass is 32.2. The molecule has 8 heteroatoms. The number of benzene rings is 1. The monoisotopic (exact) mass is 361 g/mol. The summed E-state index contributed by atoms with van der Waals surface area (Å²) in [6.45, 7) is 4.74. The van der Waals surface area contributed by atoms with Crippen molar-refractivity contribution in [2.75, 3.05) is 18.9 Å². The SMILES string of the molecule is CCN(Cc1ccccc1)C(=O)CSc1nnnn1CC1CCCO1. The van der Waals surface area contributed by atoms with Gasteiger partial charge in [-0.1, -0.05) is 42.1 Å². The van der Waals surface area contributed by atoms with Crippen LogP contribution in [0.4, 0.5) is 0 Å². The highest BCUT2D eigenvalue weighted by Crippen LogP contribution is 2.19. The van der Waals surface area contributed by atoms with E-state index in [0.29, 0.717) is 30.5 Å². The first-order chi connectivity index (χ1) is 12.3. The predicted molar refractivity (Wildman–Crippen MR) is 95.0 cm³/mol. The molecule has 0 bridgehead atoms. The van der Waals surface area contributed by atoms with Crippen LogP contribution in [-0.4, -0.2) is 56.0 Å². The molecule has 0 saturated carbocycles. The summed E-state index contributed by atoms with van der Waals surface area (Å²) in [5.41, 5.74) is 1.13. The summed E-state index contributed by atoms with van der Waals surface area (Å²) < 4.78 is 7.37. The standard InChI is InChI=1S/C17H23N5O2S/c1-2-21(11-14-7-4-3-5-8-14)16(23)13-25-17-18-19-20-22(17)12-15-9-6-10-24-15/h3-5,7-8,15H,2,6,9-13H2,1H3. The molecule has 1 aromatic carbocycles. The van der Waals surface area contributed by atoms with Gasteiger partial charge in [0.25, 0.3) is 0 Å². The van der Waals surface area contributed by atoms with Crippen LogP contribution in [0.15, 0.2) is 35.5 Å². The van der Waals surface area contributed by atoms with Crippen LogP contribution in [0.5, 0.6) is 0 Å². The Morgan fingerprint density at radius 3 is 2.96 bits per heavy atom. The zero-order chi connectivity index (χ0) is 17.5. The quantitative estimate of drug-likeness (QED) is 0.670. The van der Waals surface area contributed by atoms with E-state index in [0.717, 1.165) is 25.0 Å². The Morgan fingerprint density at radius 2 is 2.24 bits per heavy atom. The molecule has 2 aromatic rings. The number of ether oxygens (including phenoxy) is 1. The third kappa shape index (κ3) is 5.02. The largest absolute Gasteiger partial charge is 0.376 e. The van der Waals surface area contributed by atoms with Gasteiger partial charge in [0.05, 0.1) is 18.4 Å². The smallest absolute Gasteiger partial charge is 0.233 e. The van der Waals surface area contributed by atoms with Crippen LogP contribution in [0.2, 0.25) is 0 Å². The molecule has 0 N–H and O–H groups in total. The number of hydrogen-bond donors (Lipinski definition) is 0. The minimum absolute atomic E-state index is 0.0861. The van der Waals surface area contributed by atoms with Crippen molar-refractivity contribution >= 4 is 17.7 Å². The van der Waals surface area contributed by atoms with E-state index < -0.39 is 0 Å². The Labute approximate surface area is 151 Å².